The average Bonchev–Trinajstić information content (AvgIpc) is 3.40. The highest BCUT2D eigenvalue weighted by Gasteiger charge is 2.34. The lowest BCUT2D eigenvalue weighted by Gasteiger charge is -2.17. The highest BCUT2D eigenvalue weighted by atomic mass is 32.1. The van der Waals surface area contributed by atoms with Crippen LogP contribution in [-0.4, -0.2) is 34.5 Å². The van der Waals surface area contributed by atoms with Crippen molar-refractivity contribution >= 4 is 45.6 Å². The summed E-state index contributed by atoms with van der Waals surface area (Å²) in [6.07, 6.45) is 1.59. The molecule has 3 aromatic rings. The standard InChI is InChI=1S/C25H27N5O3S/c1-4-5-21(31)26-19-8-6-17(7-9-19)23(33)27-25-29-28-24(34-25)18-13-22(32)30(14-18)20-11-15(2)10-16(3)12-20/h6-12,18H,4-5,13-14H2,1-3H3,(H,26,31)(H,27,29,33)/t18-/m0/s1. The molecule has 1 saturated heterocycles. The number of nitrogens with zero attached hydrogens (tertiary/aromatic N) is 3. The molecule has 1 atom stereocenters. The van der Waals surface area contributed by atoms with Crippen LogP contribution in [0.1, 0.15) is 58.6 Å². The molecule has 0 saturated carbocycles. The summed E-state index contributed by atoms with van der Waals surface area (Å²) in [6, 6.07) is 12.8. The van der Waals surface area contributed by atoms with Crippen molar-refractivity contribution < 1.29 is 14.4 Å². The second-order valence-corrected chi connectivity index (χ2v) is 9.54. The Morgan fingerprint density at radius 1 is 1.06 bits per heavy atom. The molecule has 0 aliphatic carbocycles. The molecule has 9 heteroatoms. The Balaban J connectivity index is 1.38. The van der Waals surface area contributed by atoms with Gasteiger partial charge >= 0.3 is 0 Å². The average molecular weight is 478 g/mol. The number of benzene rings is 2. The van der Waals surface area contributed by atoms with Gasteiger partial charge in [-0.1, -0.05) is 24.3 Å². The largest absolute Gasteiger partial charge is 0.326 e. The maximum absolute atomic E-state index is 12.7. The lowest BCUT2D eigenvalue weighted by Crippen LogP contribution is -2.24. The van der Waals surface area contributed by atoms with Crippen molar-refractivity contribution in [3.05, 3.63) is 64.2 Å². The summed E-state index contributed by atoms with van der Waals surface area (Å²) in [4.78, 5) is 38.8. The number of carbonyl (C=O) groups is 3. The number of hydrogen-bond donors (Lipinski definition) is 2. The first-order chi connectivity index (χ1) is 16.3. The molecule has 34 heavy (non-hydrogen) atoms. The second-order valence-electron chi connectivity index (χ2n) is 8.53. The normalized spacial score (nSPS) is 15.4. The van der Waals surface area contributed by atoms with Gasteiger partial charge in [0.05, 0.1) is 0 Å². The molecule has 176 valence electrons. The number of hydrogen-bond acceptors (Lipinski definition) is 6. The summed E-state index contributed by atoms with van der Waals surface area (Å²) in [5, 5.41) is 15.0. The molecule has 1 aliphatic rings. The van der Waals surface area contributed by atoms with E-state index in [4.69, 9.17) is 0 Å². The minimum atomic E-state index is -0.312. The fourth-order valence-electron chi connectivity index (χ4n) is 4.00. The van der Waals surface area contributed by atoms with E-state index in [1.807, 2.05) is 32.9 Å². The van der Waals surface area contributed by atoms with Gasteiger partial charge in [-0.15, -0.1) is 10.2 Å². The molecule has 1 fully saturated rings. The van der Waals surface area contributed by atoms with Gasteiger partial charge < -0.3 is 10.2 Å². The van der Waals surface area contributed by atoms with Crippen LogP contribution in [0.3, 0.4) is 0 Å². The second kappa shape index (κ2) is 10.1. The number of amides is 3. The summed E-state index contributed by atoms with van der Waals surface area (Å²) in [6.45, 7) is 6.52. The third-order valence-electron chi connectivity index (χ3n) is 5.56. The van der Waals surface area contributed by atoms with E-state index < -0.39 is 0 Å². The molecule has 4 rings (SSSR count). The molecule has 0 radical (unpaired) electrons. The van der Waals surface area contributed by atoms with Crippen molar-refractivity contribution in [1.29, 1.82) is 0 Å². The number of aromatic nitrogens is 2. The Labute approximate surface area is 202 Å². The quantitative estimate of drug-likeness (QED) is 0.515. The van der Waals surface area contributed by atoms with Gasteiger partial charge in [-0.25, -0.2) is 0 Å². The number of anilines is 3. The van der Waals surface area contributed by atoms with Crippen LogP contribution >= 0.6 is 11.3 Å². The van der Waals surface area contributed by atoms with Gasteiger partial charge in [0.15, 0.2) is 0 Å². The molecule has 1 aliphatic heterocycles. The van der Waals surface area contributed by atoms with Gasteiger partial charge in [-0.05, 0) is 67.8 Å². The van der Waals surface area contributed by atoms with E-state index >= 15 is 0 Å². The van der Waals surface area contributed by atoms with Gasteiger partial charge in [-0.3, -0.25) is 19.7 Å². The van der Waals surface area contributed by atoms with Crippen molar-refractivity contribution in [1.82, 2.24) is 10.2 Å². The predicted molar refractivity (Wildman–Crippen MR) is 133 cm³/mol. The number of aryl methyl sites for hydroxylation is 2. The smallest absolute Gasteiger partial charge is 0.257 e. The number of carbonyl (C=O) groups excluding carboxylic acids is 3. The number of rotatable bonds is 7. The van der Waals surface area contributed by atoms with Crippen LogP contribution in [0, 0.1) is 13.8 Å². The molecule has 2 aromatic carbocycles. The molecule has 2 N–H and O–H groups in total. The zero-order chi connectivity index (χ0) is 24.2. The molecular formula is C25H27N5O3S. The van der Waals surface area contributed by atoms with Crippen LogP contribution in [0.15, 0.2) is 42.5 Å². The van der Waals surface area contributed by atoms with E-state index in [1.54, 1.807) is 29.2 Å². The van der Waals surface area contributed by atoms with E-state index in [1.165, 1.54) is 11.3 Å². The van der Waals surface area contributed by atoms with Gasteiger partial charge in [0.25, 0.3) is 5.91 Å². The molecule has 8 nitrogen and oxygen atoms in total. The zero-order valence-electron chi connectivity index (χ0n) is 19.4. The van der Waals surface area contributed by atoms with Crippen LogP contribution in [-0.2, 0) is 9.59 Å². The van der Waals surface area contributed by atoms with Crippen molar-refractivity contribution in [3.63, 3.8) is 0 Å². The maximum Gasteiger partial charge on any atom is 0.257 e. The molecule has 0 bridgehead atoms. The monoisotopic (exact) mass is 477 g/mol. The van der Waals surface area contributed by atoms with E-state index in [-0.39, 0.29) is 23.6 Å². The first kappa shape index (κ1) is 23.6. The summed E-state index contributed by atoms with van der Waals surface area (Å²) in [5.74, 6) is -0.375. The zero-order valence-corrected chi connectivity index (χ0v) is 20.2. The maximum atomic E-state index is 12.7. The number of nitrogens with one attached hydrogen (secondary N) is 2. The van der Waals surface area contributed by atoms with Crippen molar-refractivity contribution in [3.8, 4) is 0 Å². The molecule has 2 heterocycles. The van der Waals surface area contributed by atoms with Crippen molar-refractivity contribution in [2.75, 3.05) is 22.1 Å². The predicted octanol–water partition coefficient (Wildman–Crippen LogP) is 4.67. The lowest BCUT2D eigenvalue weighted by molar-refractivity contribution is -0.117. The summed E-state index contributed by atoms with van der Waals surface area (Å²) in [7, 11) is 0. The Hall–Kier alpha value is -3.59. The minimum Gasteiger partial charge on any atom is -0.326 e. The molecule has 0 spiro atoms. The van der Waals surface area contributed by atoms with Crippen LogP contribution in [0.5, 0.6) is 0 Å². The van der Waals surface area contributed by atoms with Gasteiger partial charge in [0, 0.05) is 42.2 Å². The Kier molecular flexibility index (Phi) is 7.02. The van der Waals surface area contributed by atoms with Gasteiger partial charge in [0.1, 0.15) is 5.01 Å². The first-order valence-electron chi connectivity index (χ1n) is 11.3. The Morgan fingerprint density at radius 2 is 1.76 bits per heavy atom. The third kappa shape index (κ3) is 5.48. The van der Waals surface area contributed by atoms with Crippen molar-refractivity contribution in [2.24, 2.45) is 0 Å². The summed E-state index contributed by atoms with van der Waals surface area (Å²) >= 11 is 1.29. The van der Waals surface area contributed by atoms with Crippen molar-refractivity contribution in [2.45, 2.75) is 46.0 Å². The highest BCUT2D eigenvalue weighted by Crippen LogP contribution is 2.35. The SMILES string of the molecule is CCCC(=O)Nc1ccc(C(=O)Nc2nnc([C@H]3CC(=O)N(c4cc(C)cc(C)c4)C3)s2)cc1. The van der Waals surface area contributed by atoms with Crippen LogP contribution in [0.25, 0.3) is 0 Å². The van der Waals surface area contributed by atoms with E-state index in [9.17, 15) is 14.4 Å². The first-order valence-corrected chi connectivity index (χ1v) is 12.1. The van der Waals surface area contributed by atoms with Crippen LogP contribution < -0.4 is 15.5 Å². The van der Waals surface area contributed by atoms with E-state index in [0.29, 0.717) is 35.8 Å². The van der Waals surface area contributed by atoms with Crippen LogP contribution in [0.4, 0.5) is 16.5 Å². The lowest BCUT2D eigenvalue weighted by atomic mass is 10.1. The van der Waals surface area contributed by atoms with Gasteiger partial charge in [0.2, 0.25) is 16.9 Å². The van der Waals surface area contributed by atoms with E-state index in [0.717, 1.165) is 28.2 Å². The molecule has 0 unspecified atom stereocenters. The summed E-state index contributed by atoms with van der Waals surface area (Å²) < 4.78 is 0. The topological polar surface area (TPSA) is 104 Å². The Morgan fingerprint density at radius 3 is 2.44 bits per heavy atom. The molecular weight excluding hydrogens is 450 g/mol. The highest BCUT2D eigenvalue weighted by molar-refractivity contribution is 7.15. The van der Waals surface area contributed by atoms with Gasteiger partial charge in [-0.2, -0.15) is 0 Å². The third-order valence-corrected chi connectivity index (χ3v) is 6.56. The summed E-state index contributed by atoms with van der Waals surface area (Å²) in [5.41, 5.74) is 4.22. The molecule has 3 amide bonds. The molecule has 1 aromatic heterocycles. The minimum absolute atomic E-state index is 0.0532. The Bertz CT molecular complexity index is 1200. The van der Waals surface area contributed by atoms with Crippen LogP contribution in [0.2, 0.25) is 0 Å². The fraction of sp³-hybridized carbons (Fsp3) is 0.320. The fourth-order valence-corrected chi connectivity index (χ4v) is 4.83. The van der Waals surface area contributed by atoms with E-state index in [2.05, 4.69) is 26.9 Å².